The van der Waals surface area contributed by atoms with Crippen molar-refractivity contribution in [3.8, 4) is 11.5 Å². The normalized spacial score (nSPS) is 13.1. The van der Waals surface area contributed by atoms with Crippen LogP contribution in [0.3, 0.4) is 0 Å². The molecule has 1 N–H and O–H groups in total. The molecule has 1 aromatic rings. The summed E-state index contributed by atoms with van der Waals surface area (Å²) in [5, 5.41) is 9.75. The van der Waals surface area contributed by atoms with Crippen LogP contribution in [0, 0.1) is 0 Å². The van der Waals surface area contributed by atoms with Crippen LogP contribution in [-0.4, -0.2) is 75.0 Å². The Labute approximate surface area is 230 Å². The van der Waals surface area contributed by atoms with Crippen molar-refractivity contribution in [3.05, 3.63) is 24.3 Å². The molecule has 37 heavy (non-hydrogen) atoms. The van der Waals surface area contributed by atoms with E-state index in [1.54, 1.807) is 12.1 Å². The molecule has 0 fully saturated rings. The molecule has 0 radical (unpaired) electrons. The van der Waals surface area contributed by atoms with E-state index in [1.807, 2.05) is 83.1 Å². The van der Waals surface area contributed by atoms with E-state index < -0.39 is 33.2 Å². The molecule has 1 aromatic carbocycles. The van der Waals surface area contributed by atoms with Crippen molar-refractivity contribution in [2.45, 2.75) is 120 Å². The first-order valence-electron chi connectivity index (χ1n) is 12.9. The largest absolute Gasteiger partial charge is 0.988 e. The molecule has 0 atom stereocenters. The summed E-state index contributed by atoms with van der Waals surface area (Å²) in [6.45, 7) is 22.5. The van der Waals surface area contributed by atoms with E-state index >= 15 is 0 Å². The first kappa shape index (κ1) is 34.5. The van der Waals surface area contributed by atoms with E-state index in [0.29, 0.717) is 5.75 Å². The molecule has 0 spiro atoms. The number of hydrogen-bond donors (Lipinski definition) is 1. The molecule has 10 nitrogen and oxygen atoms in total. The molecule has 1 rings (SSSR count). The van der Waals surface area contributed by atoms with Crippen LogP contribution in [0.25, 0.3) is 0 Å². The smallest absolute Gasteiger partial charge is 0.599 e. The summed E-state index contributed by atoms with van der Waals surface area (Å²) in [5.74, 6) is 0.515. The fraction of sp³-hybridized carbons (Fsp3) is 0.750. The highest BCUT2D eigenvalue weighted by Crippen LogP contribution is 2.27. The molecule has 214 valence electrons. The SMILES string of the molecule is CC(C)O[Si](OC(C)C)(OC(C)C)[O][Al]([O]c1ccc(O)cc1)[O][Si](OC(C)C)(OC(C)C)OC(C)C. The van der Waals surface area contributed by atoms with Crippen LogP contribution in [0.4, 0.5) is 0 Å². The minimum atomic E-state index is -3.81. The second-order valence-corrected chi connectivity index (χ2v) is 16.2. The lowest BCUT2D eigenvalue weighted by molar-refractivity contribution is -0.0720. The number of benzene rings is 1. The molecule has 0 aromatic heterocycles. The van der Waals surface area contributed by atoms with Gasteiger partial charge in [0.1, 0.15) is 5.75 Å². The predicted molar refractivity (Wildman–Crippen MR) is 145 cm³/mol. The van der Waals surface area contributed by atoms with Gasteiger partial charge in [0.15, 0.2) is 0 Å². The molecule has 13 heteroatoms. The summed E-state index contributed by atoms with van der Waals surface area (Å²) in [7, 11) is -7.63. The van der Waals surface area contributed by atoms with Crippen LogP contribution in [0.1, 0.15) is 83.1 Å². The first-order chi connectivity index (χ1) is 17.0. The highest BCUT2D eigenvalue weighted by Gasteiger charge is 2.62. The zero-order valence-corrected chi connectivity index (χ0v) is 27.6. The molecule has 0 unspecified atom stereocenters. The first-order valence-corrected chi connectivity index (χ1v) is 17.6. The topological polar surface area (TPSA) is 103 Å². The second kappa shape index (κ2) is 15.9. The maximum absolute atomic E-state index is 9.75. The number of aromatic hydroxyl groups is 1. The third-order valence-corrected chi connectivity index (χ3v) is 12.7. The Balaban J connectivity index is 3.59. The van der Waals surface area contributed by atoms with E-state index in [9.17, 15) is 5.11 Å². The van der Waals surface area contributed by atoms with Gasteiger partial charge in [-0.2, -0.15) is 0 Å². The molecule has 0 heterocycles. The number of rotatable bonds is 18. The Morgan fingerprint density at radius 1 is 0.514 bits per heavy atom. The summed E-state index contributed by atoms with van der Waals surface area (Å²) < 4.78 is 56.5. The number of phenolic OH excluding ortho intramolecular Hbond substituents is 1. The molecule has 0 aliphatic heterocycles. The van der Waals surface area contributed by atoms with Gasteiger partial charge in [0, 0.05) is 36.6 Å². The summed E-state index contributed by atoms with van der Waals surface area (Å²) in [6, 6.07) is 6.24. The van der Waals surface area contributed by atoms with Crippen LogP contribution < -0.4 is 3.79 Å². The molecule has 0 saturated carbocycles. The molecular formula is C24H47AlO10Si2. The summed E-state index contributed by atoms with van der Waals surface area (Å²) in [4.78, 5) is 0. The van der Waals surface area contributed by atoms with E-state index in [0.717, 1.165) is 0 Å². The summed E-state index contributed by atoms with van der Waals surface area (Å²) >= 11 is -3.29. The average molecular weight is 579 g/mol. The minimum Gasteiger partial charge on any atom is -0.599 e. The van der Waals surface area contributed by atoms with Crippen LogP contribution in [0.2, 0.25) is 0 Å². The second-order valence-electron chi connectivity index (χ2n) is 10.1. The fourth-order valence-electron chi connectivity index (χ4n) is 3.01. The fourth-order valence-corrected chi connectivity index (χ4v) is 11.4. The van der Waals surface area contributed by atoms with E-state index in [4.69, 9.17) is 37.3 Å². The lowest BCUT2D eigenvalue weighted by Gasteiger charge is -2.37. The Kier molecular flexibility index (Phi) is 14.8. The van der Waals surface area contributed by atoms with Crippen molar-refractivity contribution in [2.75, 3.05) is 0 Å². The van der Waals surface area contributed by atoms with Crippen LogP contribution in [0.15, 0.2) is 24.3 Å². The molecular weight excluding hydrogens is 531 g/mol. The van der Waals surface area contributed by atoms with E-state index in [-0.39, 0.29) is 42.4 Å². The summed E-state index contributed by atoms with van der Waals surface area (Å²) in [5.41, 5.74) is 0. The van der Waals surface area contributed by atoms with Crippen molar-refractivity contribution in [1.82, 2.24) is 0 Å². The van der Waals surface area contributed by atoms with Crippen molar-refractivity contribution in [3.63, 3.8) is 0 Å². The Morgan fingerprint density at radius 2 is 0.784 bits per heavy atom. The molecule has 0 aliphatic carbocycles. The van der Waals surface area contributed by atoms with E-state index in [1.165, 1.54) is 12.1 Å². The van der Waals surface area contributed by atoms with Gasteiger partial charge in [-0.05, 0) is 107 Å². The average Bonchev–Trinajstić information content (AvgIpc) is 2.65. The molecule has 0 bridgehead atoms. The number of hydrogen-bond acceptors (Lipinski definition) is 10. The van der Waals surface area contributed by atoms with Gasteiger partial charge in [-0.1, -0.05) is 0 Å². The molecule has 0 saturated heterocycles. The van der Waals surface area contributed by atoms with E-state index in [2.05, 4.69) is 0 Å². The van der Waals surface area contributed by atoms with Crippen LogP contribution >= 0.6 is 0 Å². The van der Waals surface area contributed by atoms with Crippen molar-refractivity contribution < 1.29 is 42.4 Å². The Morgan fingerprint density at radius 3 is 1.03 bits per heavy atom. The molecule has 0 amide bonds. The Hall–Kier alpha value is -0.534. The van der Waals surface area contributed by atoms with Crippen LogP contribution in [0.5, 0.6) is 11.5 Å². The van der Waals surface area contributed by atoms with Gasteiger partial charge in [0.25, 0.3) is 0 Å². The maximum Gasteiger partial charge on any atom is 0.988 e. The third-order valence-electron chi connectivity index (χ3n) is 3.83. The van der Waals surface area contributed by atoms with Crippen molar-refractivity contribution >= 4 is 33.2 Å². The van der Waals surface area contributed by atoms with Gasteiger partial charge in [-0.25, -0.2) is 0 Å². The molecule has 0 aliphatic rings. The maximum atomic E-state index is 9.75. The quantitative estimate of drug-likeness (QED) is 0.234. The van der Waals surface area contributed by atoms with Gasteiger partial charge >= 0.3 is 33.2 Å². The van der Waals surface area contributed by atoms with Gasteiger partial charge < -0.3 is 42.4 Å². The summed E-state index contributed by atoms with van der Waals surface area (Å²) in [6.07, 6.45) is -1.58. The minimum absolute atomic E-state index is 0.101. The van der Waals surface area contributed by atoms with Crippen LogP contribution in [-0.2, 0) is 33.5 Å². The third kappa shape index (κ3) is 13.9. The Bertz CT molecular complexity index is 669. The van der Waals surface area contributed by atoms with Crippen molar-refractivity contribution in [2.24, 2.45) is 0 Å². The van der Waals surface area contributed by atoms with Crippen molar-refractivity contribution in [1.29, 1.82) is 0 Å². The number of phenols is 1. The highest BCUT2D eigenvalue weighted by atomic mass is 28.4. The standard InChI is InChI=1S/2C9H21O4Si.C6H6O2.Al/c2*1-7(2)11-14(10,12-8(3)4)13-9(5)6;7-5-1-2-6(8)4-3-5;/h2*7-9H,1-6H3;1-4,7-8H;/q2*-1;;+3/p-1. The van der Waals surface area contributed by atoms with Gasteiger partial charge in [0.2, 0.25) is 0 Å². The predicted octanol–water partition coefficient (Wildman–Crippen LogP) is 5.21. The van der Waals surface area contributed by atoms with Gasteiger partial charge in [-0.15, -0.1) is 0 Å². The van der Waals surface area contributed by atoms with Gasteiger partial charge in [-0.3, -0.25) is 0 Å². The van der Waals surface area contributed by atoms with Gasteiger partial charge in [0.05, 0.1) is 5.75 Å². The lowest BCUT2D eigenvalue weighted by atomic mass is 10.3. The zero-order chi connectivity index (χ0) is 28.4. The highest BCUT2D eigenvalue weighted by molar-refractivity contribution is 6.68. The lowest BCUT2D eigenvalue weighted by Crippen LogP contribution is -2.63. The monoisotopic (exact) mass is 578 g/mol. The zero-order valence-electron chi connectivity index (χ0n) is 24.5.